The summed E-state index contributed by atoms with van der Waals surface area (Å²) in [7, 11) is 0. The molecular formula is C17H23NO3. The molecule has 2 rings (SSSR count). The summed E-state index contributed by atoms with van der Waals surface area (Å²) in [5, 5.41) is 0. The average Bonchev–Trinajstić information content (AvgIpc) is 2.47. The van der Waals surface area contributed by atoms with Gasteiger partial charge in [0.25, 0.3) is 5.91 Å². The molecule has 1 heterocycles. The second kappa shape index (κ2) is 6.74. The number of rotatable bonds is 3. The molecule has 21 heavy (non-hydrogen) atoms. The van der Waals surface area contributed by atoms with Crippen LogP contribution in [0.5, 0.6) is 5.75 Å². The molecule has 4 heteroatoms. The first kappa shape index (κ1) is 15.5. The Labute approximate surface area is 126 Å². The molecule has 4 nitrogen and oxygen atoms in total. The summed E-state index contributed by atoms with van der Waals surface area (Å²) in [6.07, 6.45) is 3.63. The van der Waals surface area contributed by atoms with E-state index in [0.29, 0.717) is 17.7 Å². The molecule has 114 valence electrons. The van der Waals surface area contributed by atoms with Crippen molar-refractivity contribution >= 4 is 11.9 Å². The van der Waals surface area contributed by atoms with Gasteiger partial charge in [0.2, 0.25) is 0 Å². The van der Waals surface area contributed by atoms with Crippen molar-refractivity contribution < 1.29 is 14.3 Å². The van der Waals surface area contributed by atoms with Crippen LogP contribution in [-0.4, -0.2) is 28.9 Å². The van der Waals surface area contributed by atoms with Crippen molar-refractivity contribution in [1.29, 1.82) is 0 Å². The standard InChI is InChI=1S/C17H23NO3/c1-4-16(19)21-15-10-8-14(9-11-15)17(20)18-12(2)6-5-7-13(18)3/h8-13H,4-7H2,1-3H3/t12-,13+. The van der Waals surface area contributed by atoms with Gasteiger partial charge in [-0.3, -0.25) is 9.59 Å². The molecule has 0 aromatic heterocycles. The zero-order valence-electron chi connectivity index (χ0n) is 13.0. The Balaban J connectivity index is 2.10. The van der Waals surface area contributed by atoms with Gasteiger partial charge in [0.1, 0.15) is 5.75 Å². The Morgan fingerprint density at radius 2 is 1.71 bits per heavy atom. The van der Waals surface area contributed by atoms with Gasteiger partial charge in [-0.2, -0.15) is 0 Å². The summed E-state index contributed by atoms with van der Waals surface area (Å²) in [6.45, 7) is 5.95. The lowest BCUT2D eigenvalue weighted by atomic mass is 9.96. The molecule has 0 radical (unpaired) electrons. The number of carbonyl (C=O) groups is 2. The highest BCUT2D eigenvalue weighted by atomic mass is 16.5. The zero-order chi connectivity index (χ0) is 15.4. The fraction of sp³-hybridized carbons (Fsp3) is 0.529. The SMILES string of the molecule is CCC(=O)Oc1ccc(C(=O)N2[C@H](C)CCC[C@@H]2C)cc1. The highest BCUT2D eigenvalue weighted by Crippen LogP contribution is 2.25. The summed E-state index contributed by atoms with van der Waals surface area (Å²) in [4.78, 5) is 25.8. The van der Waals surface area contributed by atoms with Crippen LogP contribution in [0.25, 0.3) is 0 Å². The van der Waals surface area contributed by atoms with Crippen molar-refractivity contribution in [2.24, 2.45) is 0 Å². The lowest BCUT2D eigenvalue weighted by Crippen LogP contribution is -2.47. The largest absolute Gasteiger partial charge is 0.427 e. The topological polar surface area (TPSA) is 46.6 Å². The van der Waals surface area contributed by atoms with Crippen LogP contribution in [0.2, 0.25) is 0 Å². The molecule has 0 N–H and O–H groups in total. The predicted molar refractivity (Wildman–Crippen MR) is 81.3 cm³/mol. The second-order valence-electron chi connectivity index (χ2n) is 5.69. The highest BCUT2D eigenvalue weighted by molar-refractivity contribution is 5.94. The van der Waals surface area contributed by atoms with Crippen molar-refractivity contribution in [3.8, 4) is 5.75 Å². The summed E-state index contributed by atoms with van der Waals surface area (Å²) < 4.78 is 5.12. The van der Waals surface area contributed by atoms with Crippen LogP contribution in [0.1, 0.15) is 56.8 Å². The Morgan fingerprint density at radius 3 is 2.24 bits per heavy atom. The van der Waals surface area contributed by atoms with E-state index < -0.39 is 0 Å². The summed E-state index contributed by atoms with van der Waals surface area (Å²) in [5.74, 6) is 0.272. The third-order valence-electron chi connectivity index (χ3n) is 4.05. The second-order valence-corrected chi connectivity index (χ2v) is 5.69. The molecule has 1 aromatic carbocycles. The van der Waals surface area contributed by atoms with Crippen LogP contribution in [0, 0.1) is 0 Å². The van der Waals surface area contributed by atoms with Gasteiger partial charge >= 0.3 is 5.97 Å². The van der Waals surface area contributed by atoms with Gasteiger partial charge in [0.05, 0.1) is 0 Å². The van der Waals surface area contributed by atoms with Crippen molar-refractivity contribution in [1.82, 2.24) is 4.90 Å². The molecule has 1 saturated heterocycles. The minimum Gasteiger partial charge on any atom is -0.427 e. The van der Waals surface area contributed by atoms with Crippen LogP contribution in [0.4, 0.5) is 0 Å². The highest BCUT2D eigenvalue weighted by Gasteiger charge is 2.29. The first-order valence-electron chi connectivity index (χ1n) is 7.66. The van der Waals surface area contributed by atoms with Crippen LogP contribution < -0.4 is 4.74 Å². The molecule has 1 amide bonds. The van der Waals surface area contributed by atoms with Crippen LogP contribution in [0.3, 0.4) is 0 Å². The molecule has 0 aliphatic carbocycles. The van der Waals surface area contributed by atoms with Crippen LogP contribution >= 0.6 is 0 Å². The van der Waals surface area contributed by atoms with Gasteiger partial charge in [0, 0.05) is 24.1 Å². The van der Waals surface area contributed by atoms with E-state index in [0.717, 1.165) is 12.8 Å². The number of hydrogen-bond acceptors (Lipinski definition) is 3. The number of amides is 1. The summed E-state index contributed by atoms with van der Waals surface area (Å²) in [6, 6.07) is 7.38. The Kier molecular flexibility index (Phi) is 4.99. The quantitative estimate of drug-likeness (QED) is 0.633. The van der Waals surface area contributed by atoms with Crippen LogP contribution in [0.15, 0.2) is 24.3 Å². The van der Waals surface area contributed by atoms with E-state index in [1.165, 1.54) is 6.42 Å². The van der Waals surface area contributed by atoms with E-state index in [2.05, 4.69) is 13.8 Å². The Hall–Kier alpha value is -1.84. The number of hydrogen-bond donors (Lipinski definition) is 0. The number of piperidine rings is 1. The van der Waals surface area contributed by atoms with Gasteiger partial charge in [-0.25, -0.2) is 0 Å². The van der Waals surface area contributed by atoms with Gasteiger partial charge in [-0.1, -0.05) is 6.92 Å². The number of benzene rings is 1. The molecule has 1 aliphatic rings. The van der Waals surface area contributed by atoms with Crippen molar-refractivity contribution in [2.75, 3.05) is 0 Å². The molecule has 2 atom stereocenters. The molecule has 0 unspecified atom stereocenters. The van der Waals surface area contributed by atoms with Gasteiger partial charge in [-0.15, -0.1) is 0 Å². The molecular weight excluding hydrogens is 266 g/mol. The van der Waals surface area contributed by atoms with Crippen LogP contribution in [-0.2, 0) is 4.79 Å². The van der Waals surface area contributed by atoms with E-state index in [9.17, 15) is 9.59 Å². The number of likely N-dealkylation sites (tertiary alicyclic amines) is 1. The first-order chi connectivity index (χ1) is 10.0. The van der Waals surface area contributed by atoms with Gasteiger partial charge < -0.3 is 9.64 Å². The molecule has 1 fully saturated rings. The van der Waals surface area contributed by atoms with Gasteiger partial charge in [-0.05, 0) is 57.4 Å². The number of nitrogens with zero attached hydrogens (tertiary/aromatic N) is 1. The minimum atomic E-state index is -0.271. The predicted octanol–water partition coefficient (Wildman–Crippen LogP) is 3.41. The monoisotopic (exact) mass is 289 g/mol. The van der Waals surface area contributed by atoms with Crippen molar-refractivity contribution in [3.63, 3.8) is 0 Å². The lowest BCUT2D eigenvalue weighted by Gasteiger charge is -2.39. The van der Waals surface area contributed by atoms with E-state index in [-0.39, 0.29) is 24.0 Å². The molecule has 0 bridgehead atoms. The summed E-state index contributed by atoms with van der Waals surface area (Å²) in [5.41, 5.74) is 0.645. The zero-order valence-corrected chi connectivity index (χ0v) is 13.0. The van der Waals surface area contributed by atoms with E-state index in [1.54, 1.807) is 31.2 Å². The molecule has 0 spiro atoms. The third-order valence-corrected chi connectivity index (χ3v) is 4.05. The van der Waals surface area contributed by atoms with Crippen molar-refractivity contribution in [3.05, 3.63) is 29.8 Å². The molecule has 1 aromatic rings. The van der Waals surface area contributed by atoms with Crippen molar-refractivity contribution in [2.45, 2.75) is 58.5 Å². The fourth-order valence-corrected chi connectivity index (χ4v) is 2.84. The maximum atomic E-state index is 12.6. The Morgan fingerprint density at radius 1 is 1.14 bits per heavy atom. The van der Waals surface area contributed by atoms with E-state index in [1.807, 2.05) is 4.90 Å². The molecule has 1 aliphatic heterocycles. The lowest BCUT2D eigenvalue weighted by molar-refractivity contribution is -0.134. The van der Waals surface area contributed by atoms with E-state index in [4.69, 9.17) is 4.74 Å². The third kappa shape index (κ3) is 3.63. The maximum Gasteiger partial charge on any atom is 0.310 e. The average molecular weight is 289 g/mol. The van der Waals surface area contributed by atoms with Gasteiger partial charge in [0.15, 0.2) is 0 Å². The minimum absolute atomic E-state index is 0.0584. The maximum absolute atomic E-state index is 12.6. The normalized spacial score (nSPS) is 22.0. The number of esters is 1. The first-order valence-corrected chi connectivity index (χ1v) is 7.66. The smallest absolute Gasteiger partial charge is 0.310 e. The molecule has 0 saturated carbocycles. The fourth-order valence-electron chi connectivity index (χ4n) is 2.84. The number of ether oxygens (including phenoxy) is 1. The number of carbonyl (C=O) groups excluding carboxylic acids is 2. The summed E-state index contributed by atoms with van der Waals surface area (Å²) >= 11 is 0. The van der Waals surface area contributed by atoms with E-state index >= 15 is 0 Å². The Bertz CT molecular complexity index is 499.